The Morgan fingerprint density at radius 2 is 1.84 bits per heavy atom. The van der Waals surface area contributed by atoms with Crippen molar-refractivity contribution < 1.29 is 14.3 Å². The number of carbonyl (C=O) groups is 1. The van der Waals surface area contributed by atoms with Crippen LogP contribution in [-0.2, 0) is 17.8 Å². The van der Waals surface area contributed by atoms with Gasteiger partial charge < -0.3 is 19.7 Å². The summed E-state index contributed by atoms with van der Waals surface area (Å²) in [6.07, 6.45) is 0.229. The molecule has 0 bridgehead atoms. The van der Waals surface area contributed by atoms with Gasteiger partial charge >= 0.3 is 0 Å². The van der Waals surface area contributed by atoms with Gasteiger partial charge in [-0.05, 0) is 24.7 Å². The number of hydrogen-bond donors (Lipinski definition) is 1. The van der Waals surface area contributed by atoms with Crippen LogP contribution in [0, 0.1) is 0 Å². The summed E-state index contributed by atoms with van der Waals surface area (Å²) in [7, 11) is 2.18. The van der Waals surface area contributed by atoms with Crippen LogP contribution in [0.5, 0.6) is 11.5 Å². The molecular formula is C24H26N4O3S. The van der Waals surface area contributed by atoms with Crippen LogP contribution in [0.1, 0.15) is 11.3 Å². The first-order valence-corrected chi connectivity index (χ1v) is 11.6. The number of aromatic nitrogens is 1. The highest BCUT2D eigenvalue weighted by Crippen LogP contribution is 2.34. The molecule has 1 saturated heterocycles. The molecule has 3 heterocycles. The Kier molecular flexibility index (Phi) is 6.07. The average Bonchev–Trinajstić information content (AvgIpc) is 3.45. The summed E-state index contributed by atoms with van der Waals surface area (Å²) in [5.74, 6) is 1.24. The zero-order chi connectivity index (χ0) is 21.9. The fourth-order valence-electron chi connectivity index (χ4n) is 3.88. The molecule has 0 saturated carbocycles. The Balaban J connectivity index is 1.17. The van der Waals surface area contributed by atoms with E-state index in [0.29, 0.717) is 17.2 Å². The number of hydrogen-bond acceptors (Lipinski definition) is 7. The topological polar surface area (TPSA) is 66.9 Å². The summed E-state index contributed by atoms with van der Waals surface area (Å²) in [6, 6.07) is 14.0. The number of rotatable bonds is 6. The highest BCUT2D eigenvalue weighted by atomic mass is 32.1. The third-order valence-electron chi connectivity index (χ3n) is 5.75. The van der Waals surface area contributed by atoms with Gasteiger partial charge in [-0.2, -0.15) is 0 Å². The molecule has 32 heavy (non-hydrogen) atoms. The van der Waals surface area contributed by atoms with E-state index in [-0.39, 0.29) is 19.1 Å². The van der Waals surface area contributed by atoms with Gasteiger partial charge in [0.15, 0.2) is 11.5 Å². The number of ether oxygens (including phenoxy) is 2. The van der Waals surface area contributed by atoms with Crippen molar-refractivity contribution in [3.8, 4) is 22.1 Å². The van der Waals surface area contributed by atoms with Crippen molar-refractivity contribution in [3.63, 3.8) is 0 Å². The van der Waals surface area contributed by atoms with E-state index in [9.17, 15) is 4.79 Å². The van der Waals surface area contributed by atoms with E-state index in [1.54, 1.807) is 23.5 Å². The highest BCUT2D eigenvalue weighted by molar-refractivity contribution is 7.13. The van der Waals surface area contributed by atoms with Gasteiger partial charge in [-0.1, -0.05) is 24.3 Å². The second kappa shape index (κ2) is 9.28. The highest BCUT2D eigenvalue weighted by Gasteiger charge is 2.16. The molecule has 3 aromatic rings. The van der Waals surface area contributed by atoms with Crippen LogP contribution in [0.2, 0.25) is 0 Å². The largest absolute Gasteiger partial charge is 0.454 e. The van der Waals surface area contributed by atoms with Crippen molar-refractivity contribution in [2.75, 3.05) is 45.3 Å². The van der Waals surface area contributed by atoms with Crippen molar-refractivity contribution in [2.24, 2.45) is 0 Å². The van der Waals surface area contributed by atoms with Crippen LogP contribution in [-0.4, -0.2) is 60.7 Å². The minimum absolute atomic E-state index is 0.108. The normalized spacial score (nSPS) is 16.3. The molecule has 0 atom stereocenters. The van der Waals surface area contributed by atoms with E-state index in [0.717, 1.165) is 49.0 Å². The molecule has 2 aliphatic rings. The van der Waals surface area contributed by atoms with Gasteiger partial charge in [0, 0.05) is 55.4 Å². The van der Waals surface area contributed by atoms with Crippen LogP contribution in [0.4, 0.5) is 5.69 Å². The minimum atomic E-state index is -0.108. The molecule has 8 heteroatoms. The van der Waals surface area contributed by atoms with Crippen molar-refractivity contribution in [3.05, 3.63) is 59.1 Å². The molecule has 0 spiro atoms. The number of thiazole rings is 1. The Morgan fingerprint density at radius 3 is 2.66 bits per heavy atom. The van der Waals surface area contributed by atoms with E-state index in [4.69, 9.17) is 9.47 Å². The molecule has 1 aromatic heterocycles. The van der Waals surface area contributed by atoms with Gasteiger partial charge in [0.2, 0.25) is 12.7 Å². The fourth-order valence-corrected chi connectivity index (χ4v) is 4.71. The lowest BCUT2D eigenvalue weighted by Crippen LogP contribution is -2.43. The third kappa shape index (κ3) is 4.93. The van der Waals surface area contributed by atoms with Crippen molar-refractivity contribution >= 4 is 22.9 Å². The van der Waals surface area contributed by atoms with E-state index in [2.05, 4.69) is 51.4 Å². The SMILES string of the molecule is CN1CCN(Cc2ccc(-c3nc(CC(=O)Nc4ccc5c(c4)OCO5)cs3)cc2)CC1. The number of benzene rings is 2. The van der Waals surface area contributed by atoms with E-state index < -0.39 is 0 Å². The number of nitrogens with zero attached hydrogens (tertiary/aromatic N) is 3. The summed E-state index contributed by atoms with van der Waals surface area (Å²) in [5.41, 5.74) is 3.85. The Labute approximate surface area is 191 Å². The smallest absolute Gasteiger partial charge is 0.231 e. The Hall–Kier alpha value is -2.94. The molecule has 7 nitrogen and oxygen atoms in total. The van der Waals surface area contributed by atoms with Crippen LogP contribution in [0.3, 0.4) is 0 Å². The first-order valence-electron chi connectivity index (χ1n) is 10.8. The van der Waals surface area contributed by atoms with Crippen molar-refractivity contribution in [2.45, 2.75) is 13.0 Å². The molecular weight excluding hydrogens is 424 g/mol. The van der Waals surface area contributed by atoms with E-state index in [1.165, 1.54) is 5.56 Å². The quantitative estimate of drug-likeness (QED) is 0.620. The summed E-state index contributed by atoms with van der Waals surface area (Å²) in [4.78, 5) is 22.0. The zero-order valence-electron chi connectivity index (χ0n) is 18.0. The maximum absolute atomic E-state index is 12.5. The van der Waals surface area contributed by atoms with Gasteiger partial charge in [0.25, 0.3) is 0 Å². The Morgan fingerprint density at radius 1 is 1.06 bits per heavy atom. The molecule has 2 aliphatic heterocycles. The number of fused-ring (bicyclic) bond motifs is 1. The predicted octanol–water partition coefficient (Wildman–Crippen LogP) is 3.47. The molecule has 0 radical (unpaired) electrons. The molecule has 2 aromatic carbocycles. The molecule has 0 aliphatic carbocycles. The summed E-state index contributed by atoms with van der Waals surface area (Å²) < 4.78 is 10.7. The summed E-state index contributed by atoms with van der Waals surface area (Å²) in [6.45, 7) is 5.68. The molecule has 1 fully saturated rings. The Bertz CT molecular complexity index is 1090. The van der Waals surface area contributed by atoms with Crippen LogP contribution >= 0.6 is 11.3 Å². The van der Waals surface area contributed by atoms with Crippen LogP contribution in [0.15, 0.2) is 47.8 Å². The number of amides is 1. The lowest BCUT2D eigenvalue weighted by molar-refractivity contribution is -0.115. The van der Waals surface area contributed by atoms with Crippen LogP contribution < -0.4 is 14.8 Å². The summed E-state index contributed by atoms with van der Waals surface area (Å²) >= 11 is 1.57. The van der Waals surface area contributed by atoms with Gasteiger partial charge in [0.1, 0.15) is 5.01 Å². The predicted molar refractivity (Wildman–Crippen MR) is 125 cm³/mol. The van der Waals surface area contributed by atoms with Gasteiger partial charge in [-0.15, -0.1) is 11.3 Å². The van der Waals surface area contributed by atoms with Gasteiger partial charge in [-0.3, -0.25) is 9.69 Å². The maximum atomic E-state index is 12.5. The third-order valence-corrected chi connectivity index (χ3v) is 6.69. The monoisotopic (exact) mass is 450 g/mol. The minimum Gasteiger partial charge on any atom is -0.454 e. The van der Waals surface area contributed by atoms with Crippen LogP contribution in [0.25, 0.3) is 10.6 Å². The second-order valence-electron chi connectivity index (χ2n) is 8.21. The molecule has 1 N–H and O–H groups in total. The lowest BCUT2D eigenvalue weighted by atomic mass is 10.1. The zero-order valence-corrected chi connectivity index (χ0v) is 18.9. The maximum Gasteiger partial charge on any atom is 0.231 e. The van der Waals surface area contributed by atoms with Gasteiger partial charge in [0.05, 0.1) is 12.1 Å². The first-order chi connectivity index (χ1) is 15.6. The number of likely N-dealkylation sites (N-methyl/N-ethyl adjacent to an activating group) is 1. The lowest BCUT2D eigenvalue weighted by Gasteiger charge is -2.32. The number of anilines is 1. The molecule has 5 rings (SSSR count). The van der Waals surface area contributed by atoms with Gasteiger partial charge in [-0.25, -0.2) is 4.98 Å². The average molecular weight is 451 g/mol. The number of piperazine rings is 1. The molecule has 166 valence electrons. The second-order valence-corrected chi connectivity index (χ2v) is 9.07. The number of nitrogens with one attached hydrogen (secondary N) is 1. The van der Waals surface area contributed by atoms with E-state index in [1.807, 2.05) is 11.4 Å². The van der Waals surface area contributed by atoms with Crippen molar-refractivity contribution in [1.29, 1.82) is 0 Å². The standard InChI is InChI=1S/C24H26N4O3S/c1-27-8-10-28(11-9-27)14-17-2-4-18(5-3-17)24-26-20(15-32-24)13-23(29)25-19-6-7-21-22(12-19)31-16-30-21/h2-7,12,15H,8-11,13-14,16H2,1H3,(H,25,29). The molecule has 1 amide bonds. The first kappa shape index (κ1) is 20.9. The summed E-state index contributed by atoms with van der Waals surface area (Å²) in [5, 5.41) is 5.78. The van der Waals surface area contributed by atoms with Crippen molar-refractivity contribution in [1.82, 2.24) is 14.8 Å². The fraction of sp³-hybridized carbons (Fsp3) is 0.333. The number of carbonyl (C=O) groups excluding carboxylic acids is 1. The van der Waals surface area contributed by atoms with E-state index >= 15 is 0 Å². The molecule has 0 unspecified atom stereocenters.